The van der Waals surface area contributed by atoms with Crippen molar-refractivity contribution in [2.45, 2.75) is 96.8 Å². The molecular weight excluding hydrogens is 348 g/mol. The first kappa shape index (κ1) is 25.4. The van der Waals surface area contributed by atoms with Crippen LogP contribution in [0.3, 0.4) is 0 Å². The highest BCUT2D eigenvalue weighted by atomic mass is 32.3. The maximum absolute atomic E-state index is 11.3. The number of unbranched alkanes of at least 4 members (excludes halogenated alkanes) is 12. The summed E-state index contributed by atoms with van der Waals surface area (Å²) in [5.74, 6) is 0. The highest BCUT2D eigenvalue weighted by Crippen LogP contribution is 2.10. The van der Waals surface area contributed by atoms with Crippen LogP contribution in [-0.2, 0) is 18.8 Å². The molecular formula is C21H40O4S. The minimum atomic E-state index is -3.84. The van der Waals surface area contributed by atoms with Crippen molar-refractivity contribution < 1.29 is 16.8 Å². The zero-order valence-corrected chi connectivity index (χ0v) is 17.6. The van der Waals surface area contributed by atoms with Gasteiger partial charge in [0, 0.05) is 0 Å². The fraction of sp³-hybridized carbons (Fsp3) is 0.810. The van der Waals surface area contributed by atoms with Crippen molar-refractivity contribution in [2.75, 3.05) is 13.2 Å². The van der Waals surface area contributed by atoms with Gasteiger partial charge in [0.15, 0.2) is 0 Å². The van der Waals surface area contributed by atoms with Gasteiger partial charge in [-0.1, -0.05) is 82.9 Å². The van der Waals surface area contributed by atoms with Crippen LogP contribution in [0.4, 0.5) is 0 Å². The van der Waals surface area contributed by atoms with Gasteiger partial charge < -0.3 is 0 Å². The van der Waals surface area contributed by atoms with E-state index < -0.39 is 10.4 Å². The Bertz CT molecular complexity index is 429. The molecule has 0 amide bonds. The van der Waals surface area contributed by atoms with Gasteiger partial charge in [-0.2, -0.15) is 8.42 Å². The van der Waals surface area contributed by atoms with Gasteiger partial charge in [-0.05, 0) is 32.1 Å². The first-order valence-electron chi connectivity index (χ1n) is 10.4. The van der Waals surface area contributed by atoms with Crippen LogP contribution in [0.2, 0.25) is 0 Å². The van der Waals surface area contributed by atoms with E-state index in [1.165, 1.54) is 76.7 Å². The van der Waals surface area contributed by atoms with Crippen molar-refractivity contribution in [3.05, 3.63) is 24.8 Å². The Morgan fingerprint density at radius 1 is 0.731 bits per heavy atom. The number of hydrogen-bond donors (Lipinski definition) is 0. The molecule has 0 aliphatic heterocycles. The highest BCUT2D eigenvalue weighted by Gasteiger charge is 2.09. The van der Waals surface area contributed by atoms with Gasteiger partial charge in [0.25, 0.3) is 0 Å². The van der Waals surface area contributed by atoms with E-state index in [0.29, 0.717) is 0 Å². The fourth-order valence-electron chi connectivity index (χ4n) is 2.68. The Morgan fingerprint density at radius 3 is 1.77 bits per heavy atom. The van der Waals surface area contributed by atoms with E-state index in [0.717, 1.165) is 19.3 Å². The van der Waals surface area contributed by atoms with E-state index in [4.69, 9.17) is 4.18 Å². The van der Waals surface area contributed by atoms with Crippen molar-refractivity contribution >= 4 is 10.4 Å². The SMILES string of the molecule is C=CCOS(=O)(=O)OCCCCCCCCC=CCCCCCCCC. The van der Waals surface area contributed by atoms with Crippen LogP contribution in [0.25, 0.3) is 0 Å². The van der Waals surface area contributed by atoms with Crippen LogP contribution in [0.1, 0.15) is 96.8 Å². The van der Waals surface area contributed by atoms with Crippen molar-refractivity contribution in [1.82, 2.24) is 0 Å². The lowest BCUT2D eigenvalue weighted by Crippen LogP contribution is -2.11. The Morgan fingerprint density at radius 2 is 1.23 bits per heavy atom. The average molecular weight is 389 g/mol. The third-order valence-electron chi connectivity index (χ3n) is 4.21. The maximum atomic E-state index is 11.3. The third-order valence-corrected chi connectivity index (χ3v) is 5.09. The molecule has 0 saturated carbocycles. The largest absolute Gasteiger partial charge is 0.400 e. The molecule has 0 N–H and O–H groups in total. The molecule has 4 nitrogen and oxygen atoms in total. The molecule has 0 radical (unpaired) electrons. The Kier molecular flexibility index (Phi) is 18.6. The lowest BCUT2D eigenvalue weighted by atomic mass is 10.1. The van der Waals surface area contributed by atoms with Crippen LogP contribution in [0.15, 0.2) is 24.8 Å². The minimum absolute atomic E-state index is 0.0459. The fourth-order valence-corrected chi connectivity index (χ4v) is 3.33. The molecule has 0 atom stereocenters. The standard InChI is InChI=1S/C21H40O4S/c1-3-5-6-7-8-9-10-11-12-13-14-15-16-17-18-19-21-25-26(22,23)24-20-4-2/h4,11-12H,2-3,5-10,13-21H2,1H3. The van der Waals surface area contributed by atoms with Crippen molar-refractivity contribution in [1.29, 1.82) is 0 Å². The Hall–Kier alpha value is -0.650. The molecule has 0 bridgehead atoms. The molecule has 0 rings (SSSR count). The zero-order chi connectivity index (χ0) is 19.3. The highest BCUT2D eigenvalue weighted by molar-refractivity contribution is 7.81. The first-order chi connectivity index (χ1) is 12.6. The van der Waals surface area contributed by atoms with E-state index >= 15 is 0 Å². The second-order valence-electron chi connectivity index (χ2n) is 6.74. The quantitative estimate of drug-likeness (QED) is 0.177. The van der Waals surface area contributed by atoms with E-state index in [2.05, 4.69) is 29.8 Å². The lowest BCUT2D eigenvalue weighted by Gasteiger charge is -2.04. The third kappa shape index (κ3) is 19.7. The van der Waals surface area contributed by atoms with Crippen LogP contribution in [0.5, 0.6) is 0 Å². The van der Waals surface area contributed by atoms with Crippen LogP contribution >= 0.6 is 0 Å². The van der Waals surface area contributed by atoms with Crippen molar-refractivity contribution in [2.24, 2.45) is 0 Å². The summed E-state index contributed by atoms with van der Waals surface area (Å²) < 4.78 is 31.8. The van der Waals surface area contributed by atoms with Gasteiger partial charge in [-0.3, -0.25) is 0 Å². The summed E-state index contributed by atoms with van der Waals surface area (Å²) >= 11 is 0. The number of allylic oxidation sites excluding steroid dienone is 2. The van der Waals surface area contributed by atoms with Crippen molar-refractivity contribution in [3.63, 3.8) is 0 Å². The maximum Gasteiger partial charge on any atom is 0.400 e. The predicted molar refractivity (Wildman–Crippen MR) is 110 cm³/mol. The van der Waals surface area contributed by atoms with E-state index in [9.17, 15) is 8.42 Å². The second kappa shape index (κ2) is 19.1. The van der Waals surface area contributed by atoms with E-state index in [-0.39, 0.29) is 13.2 Å². The van der Waals surface area contributed by atoms with Gasteiger partial charge in [0.1, 0.15) is 0 Å². The molecule has 0 aliphatic rings. The summed E-state index contributed by atoms with van der Waals surface area (Å²) in [6.07, 6.45) is 23.2. The smallest absolute Gasteiger partial charge is 0.248 e. The molecule has 0 saturated heterocycles. The summed E-state index contributed by atoms with van der Waals surface area (Å²) in [5, 5.41) is 0. The average Bonchev–Trinajstić information content (AvgIpc) is 2.62. The Labute approximate surface area is 162 Å². The monoisotopic (exact) mass is 388 g/mol. The molecule has 26 heavy (non-hydrogen) atoms. The van der Waals surface area contributed by atoms with Crippen LogP contribution in [-0.4, -0.2) is 21.6 Å². The number of hydrogen-bond acceptors (Lipinski definition) is 4. The summed E-state index contributed by atoms with van der Waals surface area (Å²) in [6.45, 7) is 5.80. The molecule has 154 valence electrons. The summed E-state index contributed by atoms with van der Waals surface area (Å²) in [4.78, 5) is 0. The molecule has 5 heteroatoms. The summed E-state index contributed by atoms with van der Waals surface area (Å²) in [5.41, 5.74) is 0. The molecule has 0 spiro atoms. The molecule has 0 aromatic carbocycles. The van der Waals surface area contributed by atoms with Crippen LogP contribution in [0, 0.1) is 0 Å². The second-order valence-corrected chi connectivity index (χ2v) is 8.03. The lowest BCUT2D eigenvalue weighted by molar-refractivity contribution is 0.225. The molecule has 0 unspecified atom stereocenters. The molecule has 0 aromatic heterocycles. The van der Waals surface area contributed by atoms with Gasteiger partial charge in [-0.15, -0.1) is 6.58 Å². The summed E-state index contributed by atoms with van der Waals surface area (Å²) in [6, 6.07) is 0. The number of rotatable bonds is 20. The van der Waals surface area contributed by atoms with E-state index in [1.54, 1.807) is 0 Å². The summed E-state index contributed by atoms with van der Waals surface area (Å²) in [7, 11) is -3.84. The first-order valence-corrected chi connectivity index (χ1v) is 11.8. The van der Waals surface area contributed by atoms with Gasteiger partial charge in [-0.25, -0.2) is 8.37 Å². The predicted octanol–water partition coefficient (Wildman–Crippen LogP) is 6.49. The normalized spacial score (nSPS) is 12.0. The molecule has 0 heterocycles. The molecule has 0 fully saturated rings. The topological polar surface area (TPSA) is 52.6 Å². The van der Waals surface area contributed by atoms with Gasteiger partial charge in [0.2, 0.25) is 0 Å². The van der Waals surface area contributed by atoms with Crippen LogP contribution < -0.4 is 0 Å². The van der Waals surface area contributed by atoms with Gasteiger partial charge in [0.05, 0.1) is 13.2 Å². The molecule has 0 aromatic rings. The zero-order valence-electron chi connectivity index (χ0n) is 16.8. The van der Waals surface area contributed by atoms with Gasteiger partial charge >= 0.3 is 10.4 Å². The van der Waals surface area contributed by atoms with Crippen molar-refractivity contribution in [3.8, 4) is 0 Å². The Balaban J connectivity index is 3.26. The minimum Gasteiger partial charge on any atom is -0.248 e. The van der Waals surface area contributed by atoms with E-state index in [1.807, 2.05) is 0 Å². The molecule has 0 aliphatic carbocycles.